The van der Waals surface area contributed by atoms with E-state index in [9.17, 15) is 4.79 Å². The molecule has 2 aromatic rings. The number of nitrogens with zero attached hydrogens (tertiary/aromatic N) is 2. The molecule has 0 bridgehead atoms. The molecular formula is C22H28N4O. The number of anilines is 1. The van der Waals surface area contributed by atoms with Crippen LogP contribution in [-0.4, -0.2) is 41.0 Å². The number of carbonyl (C=O) groups excluding carboxylic acids is 1. The number of carbonyl (C=O) groups is 1. The quantitative estimate of drug-likeness (QED) is 0.860. The number of hydrogen-bond acceptors (Lipinski definition) is 4. The summed E-state index contributed by atoms with van der Waals surface area (Å²) in [6.45, 7) is 5.61. The molecule has 27 heavy (non-hydrogen) atoms. The van der Waals surface area contributed by atoms with Gasteiger partial charge in [-0.25, -0.2) is 0 Å². The van der Waals surface area contributed by atoms with Gasteiger partial charge in [-0.05, 0) is 49.4 Å². The lowest BCUT2D eigenvalue weighted by atomic mass is 9.83. The van der Waals surface area contributed by atoms with Gasteiger partial charge in [-0.3, -0.25) is 14.7 Å². The van der Waals surface area contributed by atoms with Crippen LogP contribution in [0.3, 0.4) is 0 Å². The van der Waals surface area contributed by atoms with Gasteiger partial charge in [-0.2, -0.15) is 0 Å². The summed E-state index contributed by atoms with van der Waals surface area (Å²) in [4.78, 5) is 19.3. The Hall–Kier alpha value is -2.40. The minimum Gasteiger partial charge on any atom is -0.379 e. The highest BCUT2D eigenvalue weighted by Crippen LogP contribution is 2.33. The molecule has 1 aromatic carbocycles. The third-order valence-corrected chi connectivity index (χ3v) is 5.82. The lowest BCUT2D eigenvalue weighted by Gasteiger charge is -2.43. The summed E-state index contributed by atoms with van der Waals surface area (Å²) >= 11 is 0. The van der Waals surface area contributed by atoms with Crippen LogP contribution >= 0.6 is 0 Å². The summed E-state index contributed by atoms with van der Waals surface area (Å²) in [5.74, 6) is 0.159. The second kappa shape index (κ2) is 7.69. The van der Waals surface area contributed by atoms with Crippen LogP contribution in [0.2, 0.25) is 0 Å². The number of nitrogens with one attached hydrogen (secondary N) is 2. The molecule has 1 saturated heterocycles. The van der Waals surface area contributed by atoms with Gasteiger partial charge >= 0.3 is 0 Å². The molecule has 0 saturated carbocycles. The number of pyridine rings is 1. The topological polar surface area (TPSA) is 57.3 Å². The molecule has 0 unspecified atom stereocenters. The van der Waals surface area contributed by atoms with E-state index in [-0.39, 0.29) is 11.4 Å². The number of benzene rings is 1. The largest absolute Gasteiger partial charge is 0.379 e. The van der Waals surface area contributed by atoms with Crippen molar-refractivity contribution in [1.29, 1.82) is 0 Å². The number of rotatable bonds is 2. The van der Waals surface area contributed by atoms with Crippen molar-refractivity contribution in [3.63, 3.8) is 0 Å². The number of amides is 1. The van der Waals surface area contributed by atoms with E-state index in [1.54, 1.807) is 0 Å². The molecule has 3 heterocycles. The second-order valence-electron chi connectivity index (χ2n) is 7.92. The maximum absolute atomic E-state index is 12.4. The molecule has 2 aliphatic heterocycles. The van der Waals surface area contributed by atoms with E-state index in [4.69, 9.17) is 0 Å². The highest BCUT2D eigenvalue weighted by atomic mass is 16.1. The van der Waals surface area contributed by atoms with Gasteiger partial charge in [0.25, 0.3) is 0 Å². The molecule has 0 aliphatic carbocycles. The van der Waals surface area contributed by atoms with Gasteiger partial charge in [-0.1, -0.05) is 24.3 Å². The maximum atomic E-state index is 12.4. The molecule has 1 spiro atoms. The summed E-state index contributed by atoms with van der Waals surface area (Å²) in [6, 6.07) is 12.7. The zero-order valence-corrected chi connectivity index (χ0v) is 16.0. The molecule has 2 N–H and O–H groups in total. The fraction of sp³-hybridized carbons (Fsp3) is 0.455. The van der Waals surface area contributed by atoms with E-state index in [1.807, 2.05) is 13.1 Å². The number of aromatic nitrogens is 1. The molecule has 2 aliphatic rings. The lowest BCUT2D eigenvalue weighted by molar-refractivity contribution is -0.122. The maximum Gasteiger partial charge on any atom is 0.222 e. The number of aryl methyl sites for hydroxylation is 1. The molecule has 1 aromatic heterocycles. The summed E-state index contributed by atoms with van der Waals surface area (Å²) in [5.41, 5.74) is 4.61. The van der Waals surface area contributed by atoms with Crippen LogP contribution in [0, 0.1) is 6.92 Å². The van der Waals surface area contributed by atoms with E-state index in [1.165, 1.54) is 16.8 Å². The number of para-hydroxylation sites is 1. The minimum atomic E-state index is -0.160. The Balaban J connectivity index is 1.47. The summed E-state index contributed by atoms with van der Waals surface area (Å²) in [7, 11) is 0. The fourth-order valence-corrected chi connectivity index (χ4v) is 4.19. The van der Waals surface area contributed by atoms with Crippen LogP contribution in [0.25, 0.3) is 0 Å². The van der Waals surface area contributed by atoms with Crippen molar-refractivity contribution in [2.45, 2.75) is 44.7 Å². The molecule has 1 amide bonds. The molecule has 5 heteroatoms. The van der Waals surface area contributed by atoms with Gasteiger partial charge in [0, 0.05) is 55.7 Å². The van der Waals surface area contributed by atoms with E-state index >= 15 is 0 Å². The summed E-state index contributed by atoms with van der Waals surface area (Å²) in [5, 5.41) is 6.87. The highest BCUT2D eigenvalue weighted by Gasteiger charge is 2.37. The smallest absolute Gasteiger partial charge is 0.222 e. The SMILES string of the molecule is Cc1ccc(CN2CCC3(CC2)CC(=O)NCCc2ccccc2N3)cn1. The molecule has 1 fully saturated rings. The van der Waals surface area contributed by atoms with Gasteiger partial charge in [0.1, 0.15) is 0 Å². The Bertz CT molecular complexity index is 794. The highest BCUT2D eigenvalue weighted by molar-refractivity contribution is 5.78. The first-order chi connectivity index (χ1) is 13.1. The van der Waals surface area contributed by atoms with Gasteiger partial charge < -0.3 is 10.6 Å². The number of hydrogen-bond donors (Lipinski definition) is 2. The van der Waals surface area contributed by atoms with Crippen LogP contribution in [0.15, 0.2) is 42.6 Å². The molecule has 5 nitrogen and oxygen atoms in total. The van der Waals surface area contributed by atoms with Crippen LogP contribution in [0.4, 0.5) is 5.69 Å². The Morgan fingerprint density at radius 1 is 1.15 bits per heavy atom. The van der Waals surface area contributed by atoms with Gasteiger partial charge in [0.05, 0.1) is 0 Å². The summed E-state index contributed by atoms with van der Waals surface area (Å²) in [6.07, 6.45) is 5.32. The average Bonchev–Trinajstić information content (AvgIpc) is 2.73. The number of fused-ring (bicyclic) bond motifs is 1. The van der Waals surface area contributed by atoms with Crippen LogP contribution in [0.5, 0.6) is 0 Å². The van der Waals surface area contributed by atoms with Crippen LogP contribution in [0.1, 0.15) is 36.1 Å². The Kier molecular flexibility index (Phi) is 5.12. The normalized spacial score (nSPS) is 20.0. The fourth-order valence-electron chi connectivity index (χ4n) is 4.19. The third kappa shape index (κ3) is 4.30. The zero-order valence-electron chi connectivity index (χ0n) is 16.0. The van der Waals surface area contributed by atoms with Gasteiger partial charge in [0.2, 0.25) is 5.91 Å². The molecule has 4 rings (SSSR count). The van der Waals surface area contributed by atoms with E-state index < -0.39 is 0 Å². The predicted molar refractivity (Wildman–Crippen MR) is 108 cm³/mol. The molecule has 142 valence electrons. The third-order valence-electron chi connectivity index (χ3n) is 5.82. The first kappa shape index (κ1) is 18.0. The molecule has 0 atom stereocenters. The Morgan fingerprint density at radius 3 is 2.74 bits per heavy atom. The number of likely N-dealkylation sites (tertiary alicyclic amines) is 1. The van der Waals surface area contributed by atoms with Crippen molar-refractivity contribution in [2.24, 2.45) is 0 Å². The van der Waals surface area contributed by atoms with E-state index in [0.29, 0.717) is 13.0 Å². The van der Waals surface area contributed by atoms with Crippen LogP contribution in [-0.2, 0) is 17.8 Å². The number of piperidine rings is 1. The van der Waals surface area contributed by atoms with Crippen molar-refractivity contribution < 1.29 is 4.79 Å². The monoisotopic (exact) mass is 364 g/mol. The standard InChI is InChI=1S/C22H28N4O/c1-17-6-7-18(15-24-17)16-26-12-9-22(10-13-26)14-21(27)23-11-8-19-4-2-3-5-20(19)25-22/h2-7,15,25H,8-14,16H2,1H3,(H,23,27). The Morgan fingerprint density at radius 2 is 1.96 bits per heavy atom. The average molecular weight is 364 g/mol. The molecule has 0 radical (unpaired) electrons. The predicted octanol–water partition coefficient (Wildman–Crippen LogP) is 2.90. The minimum absolute atomic E-state index is 0.159. The first-order valence-electron chi connectivity index (χ1n) is 9.89. The summed E-state index contributed by atoms with van der Waals surface area (Å²) < 4.78 is 0. The molecular weight excluding hydrogens is 336 g/mol. The van der Waals surface area contributed by atoms with Crippen molar-refractivity contribution in [2.75, 3.05) is 25.0 Å². The van der Waals surface area contributed by atoms with Crippen molar-refractivity contribution >= 4 is 11.6 Å². The van der Waals surface area contributed by atoms with Crippen molar-refractivity contribution in [3.8, 4) is 0 Å². The Labute approximate surface area is 161 Å². The lowest BCUT2D eigenvalue weighted by Crippen LogP contribution is -2.51. The van der Waals surface area contributed by atoms with Crippen molar-refractivity contribution in [1.82, 2.24) is 15.2 Å². The van der Waals surface area contributed by atoms with E-state index in [2.05, 4.69) is 56.9 Å². The second-order valence-corrected chi connectivity index (χ2v) is 7.92. The van der Waals surface area contributed by atoms with Crippen molar-refractivity contribution in [3.05, 3.63) is 59.4 Å². The van der Waals surface area contributed by atoms with Gasteiger partial charge in [-0.15, -0.1) is 0 Å². The van der Waals surface area contributed by atoms with E-state index in [0.717, 1.165) is 44.6 Å². The van der Waals surface area contributed by atoms with Crippen LogP contribution < -0.4 is 10.6 Å². The first-order valence-corrected chi connectivity index (χ1v) is 9.89. The van der Waals surface area contributed by atoms with Gasteiger partial charge in [0.15, 0.2) is 0 Å². The zero-order chi connectivity index (χ0) is 18.7.